The Morgan fingerprint density at radius 3 is 1.50 bits per heavy atom. The summed E-state index contributed by atoms with van der Waals surface area (Å²) in [6.45, 7) is 6.02. The first-order chi connectivity index (χ1) is 9.48. The van der Waals surface area contributed by atoms with E-state index in [4.69, 9.17) is 5.73 Å². The van der Waals surface area contributed by atoms with E-state index >= 15 is 0 Å². The smallest absolute Gasteiger partial charge is 0.113 e. The molecule has 2 unspecified atom stereocenters. The highest BCUT2D eigenvalue weighted by Gasteiger charge is 2.21. The lowest BCUT2D eigenvalue weighted by molar-refractivity contribution is 0.00810. The van der Waals surface area contributed by atoms with Crippen molar-refractivity contribution < 1.29 is 5.11 Å². The molecule has 122 valence electrons. The number of hydrogen-bond donors (Lipinski definition) is 2. The third-order valence-corrected chi connectivity index (χ3v) is 4.49. The van der Waals surface area contributed by atoms with Gasteiger partial charge in [0, 0.05) is 0 Å². The minimum Gasteiger partial charge on any atom is -0.376 e. The van der Waals surface area contributed by atoms with Crippen molar-refractivity contribution in [3.63, 3.8) is 0 Å². The van der Waals surface area contributed by atoms with E-state index in [0.29, 0.717) is 0 Å². The lowest BCUT2D eigenvalue weighted by Crippen LogP contribution is -2.42. The molecule has 0 aliphatic carbocycles. The minimum absolute atomic E-state index is 0.200. The summed E-state index contributed by atoms with van der Waals surface area (Å²) in [4.78, 5) is 0. The van der Waals surface area contributed by atoms with Crippen LogP contribution in [-0.2, 0) is 0 Å². The van der Waals surface area contributed by atoms with Gasteiger partial charge in [0.05, 0.1) is 0 Å². The van der Waals surface area contributed by atoms with Gasteiger partial charge in [-0.05, 0) is 19.3 Å². The zero-order valence-corrected chi connectivity index (χ0v) is 14.3. The Balaban J connectivity index is 3.14. The molecule has 0 aromatic rings. The molecule has 2 atom stereocenters. The quantitative estimate of drug-likeness (QED) is 0.332. The van der Waals surface area contributed by atoms with Crippen molar-refractivity contribution in [1.29, 1.82) is 0 Å². The maximum absolute atomic E-state index is 9.64. The molecule has 0 saturated carbocycles. The van der Waals surface area contributed by atoms with Crippen LogP contribution in [0.4, 0.5) is 0 Å². The topological polar surface area (TPSA) is 46.2 Å². The van der Waals surface area contributed by atoms with Crippen molar-refractivity contribution in [2.75, 3.05) is 0 Å². The zero-order valence-electron chi connectivity index (χ0n) is 14.3. The van der Waals surface area contributed by atoms with Crippen molar-refractivity contribution in [3.05, 3.63) is 0 Å². The molecule has 3 N–H and O–H groups in total. The highest BCUT2D eigenvalue weighted by molar-refractivity contribution is 4.71. The van der Waals surface area contributed by atoms with Gasteiger partial charge in [-0.2, -0.15) is 0 Å². The monoisotopic (exact) mass is 285 g/mol. The SMILES string of the molecule is CCCCCCCCCCCCCCC(C)C(C)(N)O. The first-order valence-corrected chi connectivity index (χ1v) is 8.99. The number of rotatable bonds is 14. The van der Waals surface area contributed by atoms with Gasteiger partial charge in [-0.25, -0.2) is 0 Å². The molecule has 2 heteroatoms. The lowest BCUT2D eigenvalue weighted by atomic mass is 9.93. The Morgan fingerprint density at radius 2 is 1.15 bits per heavy atom. The summed E-state index contributed by atoms with van der Waals surface area (Å²) in [6.07, 6.45) is 17.6. The van der Waals surface area contributed by atoms with Crippen molar-refractivity contribution in [3.8, 4) is 0 Å². The molecule has 0 heterocycles. The van der Waals surface area contributed by atoms with Gasteiger partial charge in [0.2, 0.25) is 0 Å². The van der Waals surface area contributed by atoms with E-state index < -0.39 is 5.72 Å². The van der Waals surface area contributed by atoms with E-state index in [1.54, 1.807) is 6.92 Å². The fourth-order valence-electron chi connectivity index (χ4n) is 2.58. The second kappa shape index (κ2) is 12.6. The summed E-state index contributed by atoms with van der Waals surface area (Å²) >= 11 is 0. The van der Waals surface area contributed by atoms with Gasteiger partial charge in [0.25, 0.3) is 0 Å². The molecule has 0 radical (unpaired) electrons. The number of aliphatic hydroxyl groups is 1. The fourth-order valence-corrected chi connectivity index (χ4v) is 2.58. The van der Waals surface area contributed by atoms with Crippen molar-refractivity contribution in [2.24, 2.45) is 11.7 Å². The van der Waals surface area contributed by atoms with Crippen LogP contribution in [0.15, 0.2) is 0 Å². The molecule has 0 bridgehead atoms. The van der Waals surface area contributed by atoms with Gasteiger partial charge >= 0.3 is 0 Å². The van der Waals surface area contributed by atoms with Crippen LogP contribution in [0.5, 0.6) is 0 Å². The molecule has 0 aliphatic rings. The molecule has 0 spiro atoms. The van der Waals surface area contributed by atoms with E-state index in [-0.39, 0.29) is 5.92 Å². The molecule has 0 aliphatic heterocycles. The van der Waals surface area contributed by atoms with E-state index in [0.717, 1.165) is 6.42 Å². The molecule has 0 aromatic heterocycles. The van der Waals surface area contributed by atoms with Crippen LogP contribution in [0.1, 0.15) is 104 Å². The first-order valence-electron chi connectivity index (χ1n) is 8.99. The Morgan fingerprint density at radius 1 is 0.800 bits per heavy atom. The summed E-state index contributed by atoms with van der Waals surface area (Å²) in [5.74, 6) is 0.200. The highest BCUT2D eigenvalue weighted by atomic mass is 16.3. The molecular weight excluding hydrogens is 246 g/mol. The molecule has 0 fully saturated rings. The summed E-state index contributed by atoms with van der Waals surface area (Å²) in [5.41, 5.74) is 4.67. The van der Waals surface area contributed by atoms with Gasteiger partial charge in [-0.15, -0.1) is 0 Å². The number of unbranched alkanes of at least 4 members (excludes halogenated alkanes) is 11. The first kappa shape index (κ1) is 19.9. The summed E-state index contributed by atoms with van der Waals surface area (Å²) < 4.78 is 0. The van der Waals surface area contributed by atoms with Crippen LogP contribution in [0.25, 0.3) is 0 Å². The zero-order chi connectivity index (χ0) is 15.3. The Kier molecular flexibility index (Phi) is 12.6. The predicted molar refractivity (Wildman–Crippen MR) is 89.7 cm³/mol. The van der Waals surface area contributed by atoms with Crippen LogP contribution in [0.2, 0.25) is 0 Å². The second-order valence-electron chi connectivity index (χ2n) is 6.80. The summed E-state index contributed by atoms with van der Waals surface area (Å²) in [5, 5.41) is 9.64. The maximum atomic E-state index is 9.64. The molecule has 0 rings (SSSR count). The molecule has 20 heavy (non-hydrogen) atoms. The van der Waals surface area contributed by atoms with E-state index in [1.807, 2.05) is 6.92 Å². The van der Waals surface area contributed by atoms with E-state index in [2.05, 4.69) is 6.92 Å². The third-order valence-electron chi connectivity index (χ3n) is 4.49. The summed E-state index contributed by atoms with van der Waals surface area (Å²) in [6, 6.07) is 0. The van der Waals surface area contributed by atoms with Gasteiger partial charge in [0.15, 0.2) is 0 Å². The molecule has 2 nitrogen and oxygen atoms in total. The Bertz CT molecular complexity index is 198. The van der Waals surface area contributed by atoms with E-state index in [9.17, 15) is 5.11 Å². The molecular formula is C18H39NO. The standard InChI is InChI=1S/C18H39NO/c1-4-5-6-7-8-9-10-11-12-13-14-15-16-17(2)18(3,19)20/h17,20H,4-16,19H2,1-3H3. The third kappa shape index (κ3) is 12.9. The molecule has 0 saturated heterocycles. The average molecular weight is 286 g/mol. The lowest BCUT2D eigenvalue weighted by Gasteiger charge is -2.25. The number of hydrogen-bond acceptors (Lipinski definition) is 2. The maximum Gasteiger partial charge on any atom is 0.113 e. The number of nitrogens with two attached hydrogens (primary N) is 1. The largest absolute Gasteiger partial charge is 0.376 e. The van der Waals surface area contributed by atoms with Crippen LogP contribution in [0, 0.1) is 5.92 Å². The van der Waals surface area contributed by atoms with Crippen molar-refractivity contribution >= 4 is 0 Å². The van der Waals surface area contributed by atoms with Gasteiger partial charge in [0.1, 0.15) is 5.72 Å². The molecule has 0 aromatic carbocycles. The summed E-state index contributed by atoms with van der Waals surface area (Å²) in [7, 11) is 0. The average Bonchev–Trinajstić information content (AvgIpc) is 2.38. The van der Waals surface area contributed by atoms with Gasteiger partial charge < -0.3 is 10.8 Å². The van der Waals surface area contributed by atoms with Gasteiger partial charge in [-0.1, -0.05) is 90.9 Å². The van der Waals surface area contributed by atoms with Crippen LogP contribution >= 0.6 is 0 Å². The van der Waals surface area contributed by atoms with Crippen LogP contribution < -0.4 is 5.73 Å². The fraction of sp³-hybridized carbons (Fsp3) is 1.00. The predicted octanol–water partition coefficient (Wildman–Crippen LogP) is 5.38. The van der Waals surface area contributed by atoms with Crippen molar-refractivity contribution in [1.82, 2.24) is 0 Å². The van der Waals surface area contributed by atoms with Crippen LogP contribution in [0.3, 0.4) is 0 Å². The highest BCUT2D eigenvalue weighted by Crippen LogP contribution is 2.19. The van der Waals surface area contributed by atoms with Gasteiger partial charge in [-0.3, -0.25) is 0 Å². The van der Waals surface area contributed by atoms with Crippen LogP contribution in [-0.4, -0.2) is 10.8 Å². The second-order valence-corrected chi connectivity index (χ2v) is 6.80. The normalized spacial score (nSPS) is 16.1. The molecule has 0 amide bonds. The minimum atomic E-state index is -1.00. The van der Waals surface area contributed by atoms with E-state index in [1.165, 1.54) is 77.0 Å². The van der Waals surface area contributed by atoms with Crippen molar-refractivity contribution in [2.45, 2.75) is 110 Å². The Labute approximate surface area is 127 Å². The Hall–Kier alpha value is -0.0800.